The predicted molar refractivity (Wildman–Crippen MR) is 89.5 cm³/mol. The Hall–Kier alpha value is -2.18. The van der Waals surface area contributed by atoms with E-state index in [9.17, 15) is 13.2 Å². The van der Waals surface area contributed by atoms with Crippen LogP contribution in [0.4, 0.5) is 0 Å². The number of nitrogens with zero attached hydrogens (tertiary/aromatic N) is 1. The van der Waals surface area contributed by atoms with Gasteiger partial charge >= 0.3 is 10.1 Å². The molecule has 0 bridgehead atoms. The van der Waals surface area contributed by atoms with Gasteiger partial charge in [0.15, 0.2) is 0 Å². The van der Waals surface area contributed by atoms with Crippen molar-refractivity contribution in [2.75, 3.05) is 0 Å². The van der Waals surface area contributed by atoms with Gasteiger partial charge in [-0.2, -0.15) is 13.5 Å². The third-order valence-electron chi connectivity index (χ3n) is 4.08. The lowest BCUT2D eigenvalue weighted by Gasteiger charge is -2.37. The molecular weight excluding hydrogens is 326 g/mol. The lowest BCUT2D eigenvalue weighted by atomic mass is 9.97. The van der Waals surface area contributed by atoms with Gasteiger partial charge in [-0.05, 0) is 37.5 Å². The van der Waals surface area contributed by atoms with Crippen LogP contribution in [0.5, 0.6) is 0 Å². The SMILES string of the molecule is Cc1ccc(S(=O)(=O)ON2C(=O)C[C@H]2CCc2ccccc2)cc1. The summed E-state index contributed by atoms with van der Waals surface area (Å²) >= 11 is 0. The van der Waals surface area contributed by atoms with Gasteiger partial charge in [-0.1, -0.05) is 48.0 Å². The van der Waals surface area contributed by atoms with E-state index in [0.717, 1.165) is 22.6 Å². The highest BCUT2D eigenvalue weighted by molar-refractivity contribution is 7.86. The Morgan fingerprint density at radius 2 is 1.75 bits per heavy atom. The zero-order valence-corrected chi connectivity index (χ0v) is 14.2. The summed E-state index contributed by atoms with van der Waals surface area (Å²) in [6.07, 6.45) is 1.75. The van der Waals surface area contributed by atoms with E-state index in [-0.39, 0.29) is 16.8 Å². The average molecular weight is 345 g/mol. The second-order valence-corrected chi connectivity index (χ2v) is 7.47. The van der Waals surface area contributed by atoms with E-state index in [1.165, 1.54) is 12.1 Å². The number of hydroxylamine groups is 2. The molecule has 2 aromatic carbocycles. The van der Waals surface area contributed by atoms with Crippen LogP contribution in [0.1, 0.15) is 24.0 Å². The highest BCUT2D eigenvalue weighted by Gasteiger charge is 2.40. The van der Waals surface area contributed by atoms with Crippen LogP contribution in [0, 0.1) is 6.92 Å². The first-order chi connectivity index (χ1) is 11.5. The highest BCUT2D eigenvalue weighted by Crippen LogP contribution is 2.27. The number of benzene rings is 2. The van der Waals surface area contributed by atoms with E-state index >= 15 is 0 Å². The zero-order valence-electron chi connectivity index (χ0n) is 13.4. The molecule has 0 N–H and O–H groups in total. The van der Waals surface area contributed by atoms with Gasteiger partial charge in [0, 0.05) is 0 Å². The van der Waals surface area contributed by atoms with Crippen molar-refractivity contribution < 1.29 is 17.5 Å². The Labute approximate surface area is 141 Å². The Morgan fingerprint density at radius 3 is 2.38 bits per heavy atom. The minimum Gasteiger partial charge on any atom is -0.272 e. The summed E-state index contributed by atoms with van der Waals surface area (Å²) in [7, 11) is -3.98. The van der Waals surface area contributed by atoms with Crippen molar-refractivity contribution in [2.45, 2.75) is 37.1 Å². The number of rotatable bonds is 6. The molecule has 1 aliphatic rings. The van der Waals surface area contributed by atoms with Gasteiger partial charge < -0.3 is 0 Å². The van der Waals surface area contributed by atoms with Crippen molar-refractivity contribution in [3.05, 3.63) is 65.7 Å². The topological polar surface area (TPSA) is 63.7 Å². The molecule has 1 aliphatic heterocycles. The summed E-state index contributed by atoms with van der Waals surface area (Å²) in [5.41, 5.74) is 2.10. The smallest absolute Gasteiger partial charge is 0.272 e. The van der Waals surface area contributed by atoms with Gasteiger partial charge in [0.05, 0.1) is 17.4 Å². The molecule has 126 valence electrons. The number of hydrogen-bond donors (Lipinski definition) is 0. The molecule has 0 radical (unpaired) electrons. The lowest BCUT2D eigenvalue weighted by molar-refractivity contribution is -0.189. The van der Waals surface area contributed by atoms with Crippen molar-refractivity contribution in [1.29, 1.82) is 0 Å². The molecule has 5 nitrogen and oxygen atoms in total. The molecule has 0 spiro atoms. The van der Waals surface area contributed by atoms with Gasteiger partial charge in [-0.25, -0.2) is 0 Å². The van der Waals surface area contributed by atoms with Crippen LogP contribution in [0.15, 0.2) is 59.5 Å². The number of β-lactam (4-membered cyclic amide) rings is 1. The summed E-state index contributed by atoms with van der Waals surface area (Å²) in [6.45, 7) is 1.87. The molecule has 0 saturated carbocycles. The maximum Gasteiger partial charge on any atom is 0.317 e. The van der Waals surface area contributed by atoms with Crippen LogP contribution in [-0.2, 0) is 25.6 Å². The maximum atomic E-state index is 12.3. The van der Waals surface area contributed by atoms with Crippen molar-refractivity contribution >= 4 is 16.0 Å². The fourth-order valence-electron chi connectivity index (χ4n) is 2.62. The van der Waals surface area contributed by atoms with Gasteiger partial charge in [0.25, 0.3) is 0 Å². The molecule has 2 aromatic rings. The summed E-state index contributed by atoms with van der Waals surface area (Å²) < 4.78 is 29.7. The van der Waals surface area contributed by atoms with E-state index in [4.69, 9.17) is 4.28 Å². The predicted octanol–water partition coefficient (Wildman–Crippen LogP) is 2.85. The highest BCUT2D eigenvalue weighted by atomic mass is 32.2. The Bertz CT molecular complexity index is 816. The number of carbonyl (C=O) groups is 1. The molecule has 0 unspecified atom stereocenters. The van der Waals surface area contributed by atoms with E-state index in [0.29, 0.717) is 12.8 Å². The van der Waals surface area contributed by atoms with Crippen LogP contribution in [0.3, 0.4) is 0 Å². The largest absolute Gasteiger partial charge is 0.317 e. The van der Waals surface area contributed by atoms with Crippen molar-refractivity contribution in [1.82, 2.24) is 5.06 Å². The first-order valence-corrected chi connectivity index (χ1v) is 9.24. The van der Waals surface area contributed by atoms with Crippen LogP contribution in [-0.4, -0.2) is 25.4 Å². The second kappa shape index (κ2) is 6.75. The molecule has 1 atom stereocenters. The normalized spacial score (nSPS) is 17.6. The fraction of sp³-hybridized carbons (Fsp3) is 0.278. The van der Waals surface area contributed by atoms with Crippen molar-refractivity contribution in [3.63, 3.8) is 0 Å². The molecule has 6 heteroatoms. The summed E-state index contributed by atoms with van der Waals surface area (Å²) in [6, 6.07) is 16.0. The Kier molecular flexibility index (Phi) is 4.69. The monoisotopic (exact) mass is 345 g/mol. The number of hydrogen-bond acceptors (Lipinski definition) is 4. The molecule has 0 aromatic heterocycles. The van der Waals surface area contributed by atoms with Crippen LogP contribution >= 0.6 is 0 Å². The summed E-state index contributed by atoms with van der Waals surface area (Å²) in [4.78, 5) is 11.8. The molecule has 1 heterocycles. The number of carbonyl (C=O) groups excluding carboxylic acids is 1. The quantitative estimate of drug-likeness (QED) is 0.755. The molecule has 3 rings (SSSR count). The van der Waals surface area contributed by atoms with E-state index in [2.05, 4.69) is 0 Å². The van der Waals surface area contributed by atoms with E-state index in [1.807, 2.05) is 37.3 Å². The standard InChI is InChI=1S/C18H19NO4S/c1-14-7-11-17(12-8-14)24(21,22)23-19-16(13-18(19)20)10-9-15-5-3-2-4-6-15/h2-8,11-12,16H,9-10,13H2,1H3/t16-/m1/s1. The minimum atomic E-state index is -3.98. The first kappa shape index (κ1) is 16.7. The summed E-state index contributed by atoms with van der Waals surface area (Å²) in [5.74, 6) is -0.302. The van der Waals surface area contributed by atoms with E-state index in [1.54, 1.807) is 12.1 Å². The van der Waals surface area contributed by atoms with Gasteiger partial charge in [-0.3, -0.25) is 4.79 Å². The average Bonchev–Trinajstić information content (AvgIpc) is 2.58. The van der Waals surface area contributed by atoms with Crippen molar-refractivity contribution in [2.24, 2.45) is 0 Å². The van der Waals surface area contributed by atoms with Crippen LogP contribution in [0.25, 0.3) is 0 Å². The van der Waals surface area contributed by atoms with Gasteiger partial charge in [-0.15, -0.1) is 4.28 Å². The minimum absolute atomic E-state index is 0.0506. The second-order valence-electron chi connectivity index (χ2n) is 5.94. The summed E-state index contributed by atoms with van der Waals surface area (Å²) in [5, 5.41) is 0.998. The Morgan fingerprint density at radius 1 is 1.08 bits per heavy atom. The molecule has 1 fully saturated rings. The van der Waals surface area contributed by atoms with Crippen molar-refractivity contribution in [3.8, 4) is 0 Å². The number of amides is 1. The van der Waals surface area contributed by atoms with E-state index < -0.39 is 10.1 Å². The zero-order chi connectivity index (χ0) is 17.2. The third-order valence-corrected chi connectivity index (χ3v) is 5.29. The fourth-order valence-corrected chi connectivity index (χ4v) is 3.59. The first-order valence-electron chi connectivity index (χ1n) is 7.83. The molecule has 1 amide bonds. The lowest BCUT2D eigenvalue weighted by Crippen LogP contribution is -2.53. The molecular formula is C18H19NO4S. The third kappa shape index (κ3) is 3.66. The molecule has 24 heavy (non-hydrogen) atoms. The maximum absolute atomic E-state index is 12.3. The Balaban J connectivity index is 1.64. The van der Waals surface area contributed by atoms with Gasteiger partial charge in [0.1, 0.15) is 0 Å². The number of aryl methyl sites for hydroxylation is 2. The van der Waals surface area contributed by atoms with Crippen LogP contribution in [0.2, 0.25) is 0 Å². The van der Waals surface area contributed by atoms with Gasteiger partial charge in [0.2, 0.25) is 5.91 Å². The van der Waals surface area contributed by atoms with Crippen LogP contribution < -0.4 is 0 Å². The molecule has 1 saturated heterocycles. The molecule has 0 aliphatic carbocycles.